The van der Waals surface area contributed by atoms with Crippen molar-refractivity contribution >= 4 is 6.09 Å². The first kappa shape index (κ1) is 16.3. The van der Waals surface area contributed by atoms with E-state index in [9.17, 15) is 4.79 Å². The van der Waals surface area contributed by atoms with Crippen LogP contribution in [0.1, 0.15) is 12.0 Å². The van der Waals surface area contributed by atoms with E-state index in [2.05, 4.69) is 35.3 Å². The van der Waals surface area contributed by atoms with Crippen LogP contribution in [0.5, 0.6) is 0 Å². The molecule has 0 N–H and O–H groups in total. The highest BCUT2D eigenvalue weighted by Gasteiger charge is 2.33. The molecular formula is C22H20N2O2. The molecule has 26 heavy (non-hydrogen) atoms. The highest BCUT2D eigenvalue weighted by Crippen LogP contribution is 2.25. The molecule has 4 heteroatoms. The maximum atomic E-state index is 12.2. The zero-order valence-corrected chi connectivity index (χ0v) is 14.4. The van der Waals surface area contributed by atoms with Crippen LogP contribution in [-0.2, 0) is 11.3 Å². The monoisotopic (exact) mass is 344 g/mol. The molecule has 2 aliphatic rings. The Morgan fingerprint density at radius 3 is 2.58 bits per heavy atom. The summed E-state index contributed by atoms with van der Waals surface area (Å²) in [6.07, 6.45) is 14.1. The van der Waals surface area contributed by atoms with Gasteiger partial charge >= 0.3 is 6.09 Å². The predicted octanol–water partition coefficient (Wildman–Crippen LogP) is 4.51. The molecule has 1 aliphatic carbocycles. The van der Waals surface area contributed by atoms with Gasteiger partial charge in [0.25, 0.3) is 0 Å². The quantitative estimate of drug-likeness (QED) is 0.819. The van der Waals surface area contributed by atoms with Crippen molar-refractivity contribution < 1.29 is 9.53 Å². The van der Waals surface area contributed by atoms with Crippen LogP contribution < -0.4 is 0 Å². The third kappa shape index (κ3) is 3.59. The van der Waals surface area contributed by atoms with E-state index in [0.29, 0.717) is 13.1 Å². The lowest BCUT2D eigenvalue weighted by molar-refractivity contribution is 0.141. The van der Waals surface area contributed by atoms with Crippen LogP contribution >= 0.6 is 0 Å². The van der Waals surface area contributed by atoms with Crippen molar-refractivity contribution in [2.24, 2.45) is 0 Å². The second-order valence-corrected chi connectivity index (χ2v) is 6.44. The van der Waals surface area contributed by atoms with Crippen molar-refractivity contribution in [3.8, 4) is 11.1 Å². The van der Waals surface area contributed by atoms with Gasteiger partial charge in [0.15, 0.2) is 0 Å². The number of aromatic nitrogens is 1. The molecule has 1 aromatic heterocycles. The minimum atomic E-state index is -0.244. The molecule has 1 atom stereocenters. The Morgan fingerprint density at radius 1 is 1.00 bits per heavy atom. The minimum Gasteiger partial charge on any atom is -0.440 e. The van der Waals surface area contributed by atoms with Gasteiger partial charge in [-0.25, -0.2) is 4.79 Å². The van der Waals surface area contributed by atoms with Crippen LogP contribution in [0.2, 0.25) is 0 Å². The van der Waals surface area contributed by atoms with Crippen LogP contribution in [0.25, 0.3) is 11.1 Å². The summed E-state index contributed by atoms with van der Waals surface area (Å²) in [6.45, 7) is 1.16. The molecule has 1 saturated heterocycles. The lowest BCUT2D eigenvalue weighted by Gasteiger charge is -2.14. The number of pyridine rings is 1. The Kier molecular flexibility index (Phi) is 4.65. The molecule has 0 saturated carbocycles. The second-order valence-electron chi connectivity index (χ2n) is 6.44. The first-order chi connectivity index (χ1) is 12.8. The van der Waals surface area contributed by atoms with E-state index in [-0.39, 0.29) is 12.2 Å². The van der Waals surface area contributed by atoms with Crippen LogP contribution in [0.4, 0.5) is 4.79 Å². The molecule has 1 fully saturated rings. The van der Waals surface area contributed by atoms with Crippen LogP contribution in [0.15, 0.2) is 84.7 Å². The molecule has 2 heterocycles. The van der Waals surface area contributed by atoms with Crippen molar-refractivity contribution in [2.45, 2.75) is 19.1 Å². The van der Waals surface area contributed by atoms with Crippen molar-refractivity contribution in [1.82, 2.24) is 9.88 Å². The molecule has 1 aromatic carbocycles. The summed E-state index contributed by atoms with van der Waals surface area (Å²) in [4.78, 5) is 18.1. The van der Waals surface area contributed by atoms with E-state index in [0.717, 1.165) is 28.7 Å². The fraction of sp³-hybridized carbons (Fsp3) is 0.182. The fourth-order valence-corrected chi connectivity index (χ4v) is 3.23. The van der Waals surface area contributed by atoms with E-state index in [1.54, 1.807) is 17.3 Å². The van der Waals surface area contributed by atoms with Gasteiger partial charge in [0, 0.05) is 18.9 Å². The van der Waals surface area contributed by atoms with Crippen molar-refractivity contribution in [3.63, 3.8) is 0 Å². The van der Waals surface area contributed by atoms with E-state index in [1.807, 2.05) is 36.4 Å². The smallest absolute Gasteiger partial charge is 0.410 e. The van der Waals surface area contributed by atoms with Crippen LogP contribution in [0.3, 0.4) is 0 Å². The number of allylic oxidation sites excluding steroid dienone is 5. The molecule has 0 radical (unpaired) electrons. The molecule has 4 rings (SSSR count). The predicted molar refractivity (Wildman–Crippen MR) is 101 cm³/mol. The first-order valence-corrected chi connectivity index (χ1v) is 8.77. The maximum Gasteiger partial charge on any atom is 0.410 e. The number of benzene rings is 1. The van der Waals surface area contributed by atoms with Gasteiger partial charge in [0.05, 0.1) is 6.54 Å². The Morgan fingerprint density at radius 2 is 1.77 bits per heavy atom. The topological polar surface area (TPSA) is 42.4 Å². The average Bonchev–Trinajstić information content (AvgIpc) is 2.88. The normalized spacial score (nSPS) is 19.2. The van der Waals surface area contributed by atoms with E-state index in [1.165, 1.54) is 0 Å². The zero-order chi connectivity index (χ0) is 17.8. The molecule has 1 unspecified atom stereocenters. The first-order valence-electron chi connectivity index (χ1n) is 8.77. The van der Waals surface area contributed by atoms with Crippen molar-refractivity contribution in [1.29, 1.82) is 0 Å². The van der Waals surface area contributed by atoms with E-state index in [4.69, 9.17) is 4.74 Å². The lowest BCUT2D eigenvalue weighted by atomic mass is 10.0. The molecule has 0 spiro atoms. The number of rotatable bonds is 4. The fourth-order valence-electron chi connectivity index (χ4n) is 3.23. The average molecular weight is 344 g/mol. The molecule has 4 nitrogen and oxygen atoms in total. The molecule has 2 aromatic rings. The Hall–Kier alpha value is -3.14. The van der Waals surface area contributed by atoms with Crippen molar-refractivity contribution in [2.75, 3.05) is 6.54 Å². The number of ether oxygens (including phenoxy) is 1. The summed E-state index contributed by atoms with van der Waals surface area (Å²) >= 11 is 0. The Balaban J connectivity index is 1.43. The summed E-state index contributed by atoms with van der Waals surface area (Å²) in [7, 11) is 0. The minimum absolute atomic E-state index is 0.161. The van der Waals surface area contributed by atoms with E-state index >= 15 is 0 Å². The van der Waals surface area contributed by atoms with Gasteiger partial charge in [-0.3, -0.25) is 9.88 Å². The summed E-state index contributed by atoms with van der Waals surface area (Å²) in [5.74, 6) is 0. The maximum absolute atomic E-state index is 12.2. The highest BCUT2D eigenvalue weighted by molar-refractivity contribution is 5.71. The number of cyclic esters (lactones) is 1. The summed E-state index contributed by atoms with van der Waals surface area (Å²) in [6, 6.07) is 12.3. The number of carbonyl (C=O) groups is 1. The van der Waals surface area contributed by atoms with Gasteiger partial charge in [-0.05, 0) is 40.8 Å². The molecule has 1 amide bonds. The number of hydrogen-bond donors (Lipinski definition) is 0. The molecule has 1 aliphatic heterocycles. The summed E-state index contributed by atoms with van der Waals surface area (Å²) in [5.41, 5.74) is 4.50. The van der Waals surface area contributed by atoms with Crippen LogP contribution in [0, 0.1) is 0 Å². The van der Waals surface area contributed by atoms with Crippen molar-refractivity contribution in [3.05, 3.63) is 90.3 Å². The van der Waals surface area contributed by atoms with Gasteiger partial charge in [0.1, 0.15) is 6.10 Å². The number of nitrogens with zero attached hydrogens (tertiary/aromatic N) is 2. The van der Waals surface area contributed by atoms with E-state index < -0.39 is 0 Å². The molecule has 130 valence electrons. The zero-order valence-electron chi connectivity index (χ0n) is 14.4. The van der Waals surface area contributed by atoms with Gasteiger partial charge < -0.3 is 4.74 Å². The number of amides is 1. The van der Waals surface area contributed by atoms with Crippen LogP contribution in [-0.4, -0.2) is 28.6 Å². The van der Waals surface area contributed by atoms with Gasteiger partial charge in [-0.15, -0.1) is 0 Å². The summed E-state index contributed by atoms with van der Waals surface area (Å²) < 4.78 is 5.58. The Bertz CT molecular complexity index is 867. The number of hydrogen-bond acceptors (Lipinski definition) is 3. The largest absolute Gasteiger partial charge is 0.440 e. The molecular weight excluding hydrogens is 324 g/mol. The highest BCUT2D eigenvalue weighted by atomic mass is 16.6. The third-order valence-electron chi connectivity index (χ3n) is 4.66. The Labute approximate surface area is 153 Å². The SMILES string of the molecule is O=C1OC(C2=CC=CC=CC2)CN1Cc1ccc(-c2ccncc2)cc1. The lowest BCUT2D eigenvalue weighted by Crippen LogP contribution is -2.25. The number of carbonyl (C=O) groups excluding carboxylic acids is 1. The summed E-state index contributed by atoms with van der Waals surface area (Å²) in [5, 5.41) is 0. The standard InChI is InChI=1S/C22H20N2O2/c25-22-24(16-21(26-22)20-5-3-1-2-4-6-20)15-17-7-9-18(10-8-17)19-11-13-23-14-12-19/h1-5,7-14,21H,6,15-16H2. The molecule has 0 bridgehead atoms. The van der Waals surface area contributed by atoms with Gasteiger partial charge in [0.2, 0.25) is 0 Å². The third-order valence-corrected chi connectivity index (χ3v) is 4.66. The van der Waals surface area contributed by atoms with Gasteiger partial charge in [-0.1, -0.05) is 54.6 Å². The van der Waals surface area contributed by atoms with Gasteiger partial charge in [-0.2, -0.15) is 0 Å². The second kappa shape index (κ2) is 7.40.